The number of benzene rings is 1. The molecule has 0 radical (unpaired) electrons. The molecule has 1 N–H and O–H groups in total. The van der Waals surface area contributed by atoms with Crippen molar-refractivity contribution in [2.45, 2.75) is 19.9 Å². The van der Waals surface area contributed by atoms with Gasteiger partial charge in [-0.05, 0) is 37.8 Å². The summed E-state index contributed by atoms with van der Waals surface area (Å²) in [7, 11) is 3.85. The maximum Gasteiger partial charge on any atom is 0.119 e. The van der Waals surface area contributed by atoms with Crippen LogP contribution in [0.1, 0.15) is 25.5 Å². The Bertz CT molecular complexity index is 328. The first-order valence-electron chi connectivity index (χ1n) is 6.27. The number of hydrogen-bond donors (Lipinski definition) is 1. The van der Waals surface area contributed by atoms with Crippen LogP contribution in [-0.2, 0) is 0 Å². The Hall–Kier alpha value is -1.06. The van der Waals surface area contributed by atoms with Gasteiger partial charge in [0.05, 0.1) is 7.11 Å². The summed E-state index contributed by atoms with van der Waals surface area (Å²) in [6, 6.07) is 8.65. The summed E-state index contributed by atoms with van der Waals surface area (Å²) in [6.07, 6.45) is 0. The summed E-state index contributed by atoms with van der Waals surface area (Å²) in [5, 5.41) is 3.52. The van der Waals surface area contributed by atoms with E-state index < -0.39 is 0 Å². The van der Waals surface area contributed by atoms with Crippen LogP contribution >= 0.6 is 0 Å². The smallest absolute Gasteiger partial charge is 0.119 e. The minimum Gasteiger partial charge on any atom is -0.497 e. The highest BCUT2D eigenvalue weighted by Crippen LogP contribution is 2.19. The molecule has 1 atom stereocenters. The monoisotopic (exact) mass is 236 g/mol. The second-order valence-electron chi connectivity index (χ2n) is 4.24. The Morgan fingerprint density at radius 1 is 1.35 bits per heavy atom. The van der Waals surface area contributed by atoms with Crippen LogP contribution in [0.25, 0.3) is 0 Å². The van der Waals surface area contributed by atoms with E-state index in [0.29, 0.717) is 6.04 Å². The molecule has 1 unspecified atom stereocenters. The van der Waals surface area contributed by atoms with Gasteiger partial charge in [-0.1, -0.05) is 26.0 Å². The van der Waals surface area contributed by atoms with Crippen molar-refractivity contribution in [3.05, 3.63) is 29.8 Å². The molecule has 3 nitrogen and oxygen atoms in total. The summed E-state index contributed by atoms with van der Waals surface area (Å²) < 4.78 is 5.27. The van der Waals surface area contributed by atoms with Gasteiger partial charge in [0.15, 0.2) is 0 Å². The number of ether oxygens (including phenoxy) is 1. The average molecular weight is 236 g/mol. The fraction of sp³-hybridized carbons (Fsp3) is 0.571. The zero-order chi connectivity index (χ0) is 12.7. The standard InChI is InChI=1S/C14H24N2O/c1-5-15-14(11-16(3)6-2)12-8-7-9-13(10-12)17-4/h7-10,14-15H,5-6,11H2,1-4H3. The van der Waals surface area contributed by atoms with Gasteiger partial charge in [-0.3, -0.25) is 0 Å². The summed E-state index contributed by atoms with van der Waals surface area (Å²) >= 11 is 0. The SMILES string of the molecule is CCNC(CN(C)CC)c1cccc(OC)c1. The van der Waals surface area contributed by atoms with Crippen LogP contribution < -0.4 is 10.1 Å². The molecule has 17 heavy (non-hydrogen) atoms. The van der Waals surface area contributed by atoms with Gasteiger partial charge in [0.25, 0.3) is 0 Å². The third-order valence-electron chi connectivity index (χ3n) is 2.98. The molecule has 0 fully saturated rings. The van der Waals surface area contributed by atoms with E-state index >= 15 is 0 Å². The van der Waals surface area contributed by atoms with Crippen LogP contribution in [-0.4, -0.2) is 38.7 Å². The molecular formula is C14H24N2O. The second kappa shape index (κ2) is 7.30. The zero-order valence-electron chi connectivity index (χ0n) is 11.4. The quantitative estimate of drug-likeness (QED) is 0.786. The highest BCUT2D eigenvalue weighted by atomic mass is 16.5. The maximum atomic E-state index is 5.27. The molecule has 0 aliphatic rings. The predicted molar refractivity (Wildman–Crippen MR) is 72.6 cm³/mol. The molecule has 0 aliphatic carbocycles. The van der Waals surface area contributed by atoms with Crippen LogP contribution in [0.5, 0.6) is 5.75 Å². The molecule has 1 aromatic carbocycles. The van der Waals surface area contributed by atoms with Crippen LogP contribution in [0.4, 0.5) is 0 Å². The van der Waals surface area contributed by atoms with Crippen molar-refractivity contribution in [1.82, 2.24) is 10.2 Å². The van der Waals surface area contributed by atoms with Gasteiger partial charge in [-0.25, -0.2) is 0 Å². The van der Waals surface area contributed by atoms with E-state index in [-0.39, 0.29) is 0 Å². The fourth-order valence-corrected chi connectivity index (χ4v) is 1.83. The van der Waals surface area contributed by atoms with E-state index in [2.05, 4.69) is 43.2 Å². The molecule has 0 bridgehead atoms. The van der Waals surface area contributed by atoms with Gasteiger partial charge in [0.2, 0.25) is 0 Å². The predicted octanol–water partition coefficient (Wildman–Crippen LogP) is 2.30. The van der Waals surface area contributed by atoms with E-state index in [1.165, 1.54) is 5.56 Å². The first kappa shape index (κ1) is 14.0. The van der Waals surface area contributed by atoms with Crippen molar-refractivity contribution in [3.63, 3.8) is 0 Å². The highest BCUT2D eigenvalue weighted by molar-refractivity contribution is 5.30. The van der Waals surface area contributed by atoms with Crippen molar-refractivity contribution in [2.75, 3.05) is 33.8 Å². The lowest BCUT2D eigenvalue weighted by molar-refractivity contribution is 0.305. The second-order valence-corrected chi connectivity index (χ2v) is 4.24. The summed E-state index contributed by atoms with van der Waals surface area (Å²) in [5.74, 6) is 0.921. The van der Waals surface area contributed by atoms with Crippen LogP contribution in [0, 0.1) is 0 Å². The molecule has 0 spiro atoms. The minimum atomic E-state index is 0.361. The lowest BCUT2D eigenvalue weighted by atomic mass is 10.1. The lowest BCUT2D eigenvalue weighted by Crippen LogP contribution is -2.32. The molecule has 0 saturated heterocycles. The lowest BCUT2D eigenvalue weighted by Gasteiger charge is -2.24. The molecule has 3 heteroatoms. The van der Waals surface area contributed by atoms with E-state index in [9.17, 15) is 0 Å². The molecule has 0 amide bonds. The molecule has 1 aromatic rings. The van der Waals surface area contributed by atoms with Gasteiger partial charge in [0.1, 0.15) is 5.75 Å². The van der Waals surface area contributed by atoms with Crippen LogP contribution in [0.2, 0.25) is 0 Å². The largest absolute Gasteiger partial charge is 0.497 e. The third-order valence-corrected chi connectivity index (χ3v) is 2.98. The number of rotatable bonds is 7. The normalized spacial score (nSPS) is 12.8. The molecule has 96 valence electrons. The molecule has 0 saturated carbocycles. The maximum absolute atomic E-state index is 5.27. The summed E-state index contributed by atoms with van der Waals surface area (Å²) in [6.45, 7) is 7.36. The molecule has 0 aromatic heterocycles. The van der Waals surface area contributed by atoms with Gasteiger partial charge >= 0.3 is 0 Å². The molecule has 0 heterocycles. The van der Waals surface area contributed by atoms with Gasteiger partial charge < -0.3 is 15.0 Å². The summed E-state index contributed by atoms with van der Waals surface area (Å²) in [5.41, 5.74) is 1.28. The Labute approximate surface area is 105 Å². The fourth-order valence-electron chi connectivity index (χ4n) is 1.83. The van der Waals surface area contributed by atoms with Crippen LogP contribution in [0.15, 0.2) is 24.3 Å². The number of likely N-dealkylation sites (N-methyl/N-ethyl adjacent to an activating group) is 2. The number of nitrogens with zero attached hydrogens (tertiary/aromatic N) is 1. The Morgan fingerprint density at radius 2 is 2.12 bits per heavy atom. The van der Waals surface area contributed by atoms with Crippen molar-refractivity contribution >= 4 is 0 Å². The van der Waals surface area contributed by atoms with E-state index in [1.807, 2.05) is 12.1 Å². The number of hydrogen-bond acceptors (Lipinski definition) is 3. The minimum absolute atomic E-state index is 0.361. The first-order valence-corrected chi connectivity index (χ1v) is 6.27. The van der Waals surface area contributed by atoms with E-state index in [4.69, 9.17) is 4.74 Å². The van der Waals surface area contributed by atoms with E-state index in [0.717, 1.165) is 25.4 Å². The first-order chi connectivity index (χ1) is 8.21. The molecule has 0 aliphatic heterocycles. The van der Waals surface area contributed by atoms with Gasteiger partial charge in [-0.2, -0.15) is 0 Å². The Balaban J connectivity index is 2.80. The van der Waals surface area contributed by atoms with Crippen molar-refractivity contribution < 1.29 is 4.74 Å². The van der Waals surface area contributed by atoms with Gasteiger partial charge in [-0.15, -0.1) is 0 Å². The van der Waals surface area contributed by atoms with Crippen molar-refractivity contribution in [2.24, 2.45) is 0 Å². The average Bonchev–Trinajstić information content (AvgIpc) is 2.38. The Kier molecular flexibility index (Phi) is 6.01. The van der Waals surface area contributed by atoms with Gasteiger partial charge in [0, 0.05) is 12.6 Å². The highest BCUT2D eigenvalue weighted by Gasteiger charge is 2.12. The molecule has 1 rings (SSSR count). The molecular weight excluding hydrogens is 212 g/mol. The van der Waals surface area contributed by atoms with Crippen LogP contribution in [0.3, 0.4) is 0 Å². The number of nitrogens with one attached hydrogen (secondary N) is 1. The van der Waals surface area contributed by atoms with Crippen molar-refractivity contribution in [3.8, 4) is 5.75 Å². The van der Waals surface area contributed by atoms with E-state index in [1.54, 1.807) is 7.11 Å². The zero-order valence-corrected chi connectivity index (χ0v) is 11.4. The topological polar surface area (TPSA) is 24.5 Å². The summed E-state index contributed by atoms with van der Waals surface area (Å²) in [4.78, 5) is 2.31. The van der Waals surface area contributed by atoms with Crippen molar-refractivity contribution in [1.29, 1.82) is 0 Å². The Morgan fingerprint density at radius 3 is 2.71 bits per heavy atom. The third kappa shape index (κ3) is 4.36. The number of methoxy groups -OCH3 is 1.